The number of aliphatic hydroxyl groups is 1. The Morgan fingerprint density at radius 1 is 1.79 bits per heavy atom. The van der Waals surface area contributed by atoms with Crippen molar-refractivity contribution in [3.05, 3.63) is 11.9 Å². The van der Waals surface area contributed by atoms with Gasteiger partial charge in [-0.25, -0.2) is 0 Å². The minimum absolute atomic E-state index is 0.421. The summed E-state index contributed by atoms with van der Waals surface area (Å²) in [6.07, 6.45) is 1.67. The zero-order chi connectivity index (χ0) is 10.6. The second kappa shape index (κ2) is 4.76. The van der Waals surface area contributed by atoms with E-state index >= 15 is 0 Å². The fraction of sp³-hybridized carbons (Fsp3) is 0.556. The molecule has 0 radical (unpaired) electrons. The second-order valence-electron chi connectivity index (χ2n) is 2.90. The summed E-state index contributed by atoms with van der Waals surface area (Å²) in [6.45, 7) is 2.65. The number of aliphatic hydroxyl groups excluding tert-OH is 1. The van der Waals surface area contributed by atoms with Crippen LogP contribution in [0.5, 0.6) is 5.75 Å². The number of aryl methyl sites for hydroxylation is 1. The average Bonchev–Trinajstić information content (AvgIpc) is 2.60. The Kier molecular flexibility index (Phi) is 3.64. The molecule has 0 aliphatic rings. The minimum atomic E-state index is -1.17. The summed E-state index contributed by atoms with van der Waals surface area (Å²) in [5.74, 6) is 0.443. The predicted octanol–water partition coefficient (Wildman–Crippen LogP) is 0.534. The van der Waals surface area contributed by atoms with Crippen LogP contribution in [0.3, 0.4) is 0 Å². The van der Waals surface area contributed by atoms with E-state index in [1.54, 1.807) is 4.68 Å². The van der Waals surface area contributed by atoms with Crippen molar-refractivity contribution in [2.75, 3.05) is 7.11 Å². The molecule has 78 valence electrons. The maximum atomic E-state index is 10.5. The van der Waals surface area contributed by atoms with Gasteiger partial charge in [-0.15, -0.1) is 0 Å². The third-order valence-corrected chi connectivity index (χ3v) is 1.91. The highest BCUT2D eigenvalue weighted by Crippen LogP contribution is 2.23. The molecule has 5 heteroatoms. The van der Waals surface area contributed by atoms with Gasteiger partial charge in [0, 0.05) is 6.54 Å². The molecule has 0 aliphatic heterocycles. The Bertz CT molecular complexity index is 309. The van der Waals surface area contributed by atoms with Crippen molar-refractivity contribution in [3.8, 4) is 5.75 Å². The molecule has 0 amide bonds. The molecule has 1 N–H and O–H groups in total. The first-order valence-corrected chi connectivity index (χ1v) is 4.47. The smallest absolute Gasteiger partial charge is 0.163 e. The maximum Gasteiger partial charge on any atom is 0.163 e. The maximum absolute atomic E-state index is 10.5. The van der Waals surface area contributed by atoms with E-state index in [1.807, 2.05) is 6.92 Å². The van der Waals surface area contributed by atoms with Gasteiger partial charge in [0.25, 0.3) is 0 Å². The molecule has 0 aromatic carbocycles. The summed E-state index contributed by atoms with van der Waals surface area (Å²) in [7, 11) is 1.48. The van der Waals surface area contributed by atoms with Gasteiger partial charge in [0.2, 0.25) is 0 Å². The first-order chi connectivity index (χ1) is 6.74. The summed E-state index contributed by atoms with van der Waals surface area (Å²) in [6, 6.07) is 0. The molecule has 1 atom stereocenters. The van der Waals surface area contributed by atoms with Gasteiger partial charge in [-0.2, -0.15) is 5.10 Å². The molecule has 0 aliphatic carbocycles. The van der Waals surface area contributed by atoms with Crippen LogP contribution in [0, 0.1) is 0 Å². The van der Waals surface area contributed by atoms with Crippen LogP contribution in [0.2, 0.25) is 0 Å². The number of hydrogen-bond acceptors (Lipinski definition) is 4. The summed E-state index contributed by atoms with van der Waals surface area (Å²) < 4.78 is 6.57. The highest BCUT2D eigenvalue weighted by atomic mass is 16.5. The predicted molar refractivity (Wildman–Crippen MR) is 50.1 cm³/mol. The second-order valence-corrected chi connectivity index (χ2v) is 2.90. The van der Waals surface area contributed by atoms with Crippen LogP contribution in [-0.4, -0.2) is 28.3 Å². The van der Waals surface area contributed by atoms with E-state index in [4.69, 9.17) is 4.74 Å². The Morgan fingerprint density at radius 2 is 2.50 bits per heavy atom. The van der Waals surface area contributed by atoms with E-state index in [9.17, 15) is 9.90 Å². The molecule has 0 saturated carbocycles. The van der Waals surface area contributed by atoms with Crippen LogP contribution in [0.4, 0.5) is 0 Å². The van der Waals surface area contributed by atoms with Crippen LogP contribution in [0.15, 0.2) is 6.20 Å². The summed E-state index contributed by atoms with van der Waals surface area (Å²) in [5.41, 5.74) is 0.421. The number of ether oxygens (including phenoxy) is 1. The Hall–Kier alpha value is -1.36. The molecule has 0 fully saturated rings. The molecular formula is C9H14N2O3. The van der Waals surface area contributed by atoms with E-state index in [1.165, 1.54) is 13.3 Å². The molecule has 0 spiro atoms. The van der Waals surface area contributed by atoms with Crippen LogP contribution in [-0.2, 0) is 11.3 Å². The fourth-order valence-electron chi connectivity index (χ4n) is 1.29. The highest BCUT2D eigenvalue weighted by Gasteiger charge is 2.18. The van der Waals surface area contributed by atoms with Crippen LogP contribution in [0.25, 0.3) is 0 Å². The van der Waals surface area contributed by atoms with Crippen molar-refractivity contribution in [2.24, 2.45) is 0 Å². The lowest BCUT2D eigenvalue weighted by atomic mass is 10.2. The van der Waals surface area contributed by atoms with Gasteiger partial charge in [-0.1, -0.05) is 6.92 Å². The lowest BCUT2D eigenvalue weighted by molar-refractivity contribution is -0.115. The number of carbonyl (C=O) groups is 1. The number of rotatable bonds is 5. The Labute approximate surface area is 82.3 Å². The lowest BCUT2D eigenvalue weighted by Crippen LogP contribution is -2.10. The summed E-state index contributed by atoms with van der Waals surface area (Å²) in [5, 5.41) is 13.4. The minimum Gasteiger partial charge on any atom is -0.493 e. The molecule has 1 heterocycles. The van der Waals surface area contributed by atoms with Crippen molar-refractivity contribution in [1.29, 1.82) is 0 Å². The molecule has 1 aromatic rings. The van der Waals surface area contributed by atoms with Crippen molar-refractivity contribution in [2.45, 2.75) is 26.0 Å². The number of methoxy groups -OCH3 is 1. The Morgan fingerprint density at radius 3 is 3.00 bits per heavy atom. The van der Waals surface area contributed by atoms with E-state index in [0.29, 0.717) is 24.3 Å². The first kappa shape index (κ1) is 10.7. The van der Waals surface area contributed by atoms with Gasteiger partial charge in [0.1, 0.15) is 5.69 Å². The number of carbonyl (C=O) groups excluding carboxylic acids is 1. The van der Waals surface area contributed by atoms with Crippen molar-refractivity contribution < 1.29 is 14.6 Å². The van der Waals surface area contributed by atoms with Gasteiger partial charge < -0.3 is 14.6 Å². The van der Waals surface area contributed by atoms with Crippen LogP contribution >= 0.6 is 0 Å². The van der Waals surface area contributed by atoms with Gasteiger partial charge >= 0.3 is 0 Å². The number of aromatic nitrogens is 2. The first-order valence-electron chi connectivity index (χ1n) is 4.47. The largest absolute Gasteiger partial charge is 0.493 e. The third kappa shape index (κ3) is 1.93. The third-order valence-electron chi connectivity index (χ3n) is 1.91. The van der Waals surface area contributed by atoms with E-state index in [-0.39, 0.29) is 0 Å². The molecule has 0 saturated heterocycles. The van der Waals surface area contributed by atoms with Gasteiger partial charge in [0.05, 0.1) is 13.3 Å². The molecule has 1 aromatic heterocycles. The van der Waals surface area contributed by atoms with E-state index < -0.39 is 6.10 Å². The summed E-state index contributed by atoms with van der Waals surface area (Å²) >= 11 is 0. The monoisotopic (exact) mass is 198 g/mol. The molecular weight excluding hydrogens is 184 g/mol. The van der Waals surface area contributed by atoms with Crippen LogP contribution in [0.1, 0.15) is 25.1 Å². The number of hydrogen-bond donors (Lipinski definition) is 1. The normalized spacial score (nSPS) is 12.5. The van der Waals surface area contributed by atoms with Crippen LogP contribution < -0.4 is 4.74 Å². The molecule has 5 nitrogen and oxygen atoms in total. The Balaban J connectivity index is 3.05. The van der Waals surface area contributed by atoms with Gasteiger partial charge in [-0.3, -0.25) is 4.68 Å². The van der Waals surface area contributed by atoms with Gasteiger partial charge in [0.15, 0.2) is 18.1 Å². The van der Waals surface area contributed by atoms with Crippen molar-refractivity contribution in [3.63, 3.8) is 0 Å². The SMILES string of the molecule is CCCn1ncc(OC)c1C(O)C=O. The van der Waals surface area contributed by atoms with Crippen molar-refractivity contribution >= 4 is 6.29 Å². The quantitative estimate of drug-likeness (QED) is 0.701. The zero-order valence-corrected chi connectivity index (χ0v) is 8.30. The highest BCUT2D eigenvalue weighted by molar-refractivity contribution is 5.60. The van der Waals surface area contributed by atoms with E-state index in [2.05, 4.69) is 5.10 Å². The molecule has 1 rings (SSSR count). The molecule has 0 bridgehead atoms. The number of nitrogens with zero attached hydrogens (tertiary/aromatic N) is 2. The topological polar surface area (TPSA) is 64.3 Å². The van der Waals surface area contributed by atoms with Gasteiger partial charge in [-0.05, 0) is 6.42 Å². The molecule has 14 heavy (non-hydrogen) atoms. The van der Waals surface area contributed by atoms with Crippen molar-refractivity contribution in [1.82, 2.24) is 9.78 Å². The fourth-order valence-corrected chi connectivity index (χ4v) is 1.29. The summed E-state index contributed by atoms with van der Waals surface area (Å²) in [4.78, 5) is 10.5. The zero-order valence-electron chi connectivity index (χ0n) is 8.30. The lowest BCUT2D eigenvalue weighted by Gasteiger charge is -2.09. The number of aldehydes is 1. The molecule has 1 unspecified atom stereocenters. The standard InChI is InChI=1S/C9H14N2O3/c1-3-4-11-9(7(13)6-12)8(14-2)5-10-11/h5-7,13H,3-4H2,1-2H3. The average molecular weight is 198 g/mol. The van der Waals surface area contributed by atoms with E-state index in [0.717, 1.165) is 6.42 Å².